The number of amides is 1. The van der Waals surface area contributed by atoms with Crippen molar-refractivity contribution in [2.75, 3.05) is 25.9 Å². The summed E-state index contributed by atoms with van der Waals surface area (Å²) in [5, 5.41) is 0. The lowest BCUT2D eigenvalue weighted by atomic mass is 9.98. The Labute approximate surface area is 141 Å². The number of nitrogens with zero attached hydrogens (tertiary/aromatic N) is 3. The van der Waals surface area contributed by atoms with Gasteiger partial charge in [0.05, 0.1) is 23.5 Å². The van der Waals surface area contributed by atoms with E-state index in [-0.39, 0.29) is 11.8 Å². The molecular formula is C16H20N4O3S. The Morgan fingerprint density at radius 1 is 1.33 bits per heavy atom. The van der Waals surface area contributed by atoms with Crippen molar-refractivity contribution in [3.8, 4) is 0 Å². The summed E-state index contributed by atoms with van der Waals surface area (Å²) in [5.74, 6) is -0.0388. The van der Waals surface area contributed by atoms with Crippen molar-refractivity contribution in [2.24, 2.45) is 5.92 Å². The van der Waals surface area contributed by atoms with Gasteiger partial charge in [0.15, 0.2) is 0 Å². The number of hydrogen-bond donors (Lipinski definition) is 1. The molecule has 0 spiro atoms. The second kappa shape index (κ2) is 6.82. The molecule has 2 aromatic rings. The van der Waals surface area contributed by atoms with Crippen molar-refractivity contribution in [2.45, 2.75) is 12.8 Å². The van der Waals surface area contributed by atoms with E-state index in [4.69, 9.17) is 0 Å². The van der Waals surface area contributed by atoms with Gasteiger partial charge in [0, 0.05) is 19.6 Å². The number of fused-ring (bicyclic) bond motifs is 1. The summed E-state index contributed by atoms with van der Waals surface area (Å²) in [6, 6.07) is 7.42. The summed E-state index contributed by atoms with van der Waals surface area (Å²) in [4.78, 5) is 23.1. The third-order valence-corrected chi connectivity index (χ3v) is 4.80. The minimum absolute atomic E-state index is 0.117. The molecule has 8 heteroatoms. The zero-order valence-electron chi connectivity index (χ0n) is 13.5. The lowest BCUT2D eigenvalue weighted by Crippen LogP contribution is -2.43. The average molecular weight is 348 g/mol. The van der Waals surface area contributed by atoms with Gasteiger partial charge in [-0.1, -0.05) is 12.1 Å². The van der Waals surface area contributed by atoms with Gasteiger partial charge in [-0.15, -0.1) is 0 Å². The van der Waals surface area contributed by atoms with Gasteiger partial charge in [0.2, 0.25) is 10.0 Å². The Balaban J connectivity index is 1.71. The summed E-state index contributed by atoms with van der Waals surface area (Å²) in [7, 11) is -3.21. The number of sulfonamides is 1. The topological polar surface area (TPSA) is 92.3 Å². The first-order chi connectivity index (χ1) is 11.4. The van der Waals surface area contributed by atoms with Crippen LogP contribution in [0, 0.1) is 5.92 Å². The van der Waals surface area contributed by atoms with Crippen LogP contribution in [-0.2, 0) is 10.0 Å². The van der Waals surface area contributed by atoms with Crippen molar-refractivity contribution in [3.05, 3.63) is 36.2 Å². The second-order valence-corrected chi connectivity index (χ2v) is 7.96. The van der Waals surface area contributed by atoms with E-state index < -0.39 is 10.0 Å². The van der Waals surface area contributed by atoms with Crippen LogP contribution in [-0.4, -0.2) is 55.1 Å². The van der Waals surface area contributed by atoms with Crippen LogP contribution < -0.4 is 4.72 Å². The number of nitrogens with one attached hydrogen (secondary N) is 1. The molecule has 128 valence electrons. The molecule has 1 saturated heterocycles. The normalized spacial score (nSPS) is 18.7. The summed E-state index contributed by atoms with van der Waals surface area (Å²) >= 11 is 0. The predicted octanol–water partition coefficient (Wildman–Crippen LogP) is 1.03. The van der Waals surface area contributed by atoms with Crippen molar-refractivity contribution in [1.82, 2.24) is 19.6 Å². The lowest BCUT2D eigenvalue weighted by molar-refractivity contribution is 0.0670. The number of para-hydroxylation sites is 2. The second-order valence-electron chi connectivity index (χ2n) is 6.12. The first kappa shape index (κ1) is 16.8. The fourth-order valence-electron chi connectivity index (χ4n) is 2.91. The Morgan fingerprint density at radius 2 is 2.08 bits per heavy atom. The van der Waals surface area contributed by atoms with Gasteiger partial charge in [0.25, 0.3) is 5.91 Å². The molecule has 1 N–H and O–H groups in total. The van der Waals surface area contributed by atoms with Gasteiger partial charge in [-0.25, -0.2) is 18.1 Å². The molecule has 1 fully saturated rings. The largest absolute Gasteiger partial charge is 0.337 e. The number of piperidine rings is 1. The van der Waals surface area contributed by atoms with E-state index in [1.54, 1.807) is 4.90 Å². The highest BCUT2D eigenvalue weighted by Gasteiger charge is 2.26. The van der Waals surface area contributed by atoms with Crippen molar-refractivity contribution >= 4 is 27.0 Å². The van der Waals surface area contributed by atoms with E-state index in [0.717, 1.165) is 24.6 Å². The molecule has 1 aliphatic heterocycles. The molecular weight excluding hydrogens is 328 g/mol. The van der Waals surface area contributed by atoms with Crippen LogP contribution in [0.15, 0.2) is 30.5 Å². The van der Waals surface area contributed by atoms with Crippen LogP contribution in [0.4, 0.5) is 0 Å². The first-order valence-electron chi connectivity index (χ1n) is 7.88. The van der Waals surface area contributed by atoms with E-state index in [2.05, 4.69) is 14.7 Å². The molecule has 24 heavy (non-hydrogen) atoms. The van der Waals surface area contributed by atoms with Crippen LogP contribution in [0.2, 0.25) is 0 Å². The number of likely N-dealkylation sites (tertiary alicyclic amines) is 1. The third kappa shape index (κ3) is 4.07. The molecule has 0 saturated carbocycles. The molecule has 2 heterocycles. The van der Waals surface area contributed by atoms with Gasteiger partial charge in [0.1, 0.15) is 5.69 Å². The molecule has 0 aliphatic carbocycles. The zero-order chi connectivity index (χ0) is 17.2. The van der Waals surface area contributed by atoms with Crippen molar-refractivity contribution in [1.29, 1.82) is 0 Å². The van der Waals surface area contributed by atoms with E-state index in [0.29, 0.717) is 30.8 Å². The molecule has 1 aromatic heterocycles. The fourth-order valence-corrected chi connectivity index (χ4v) is 3.45. The van der Waals surface area contributed by atoms with E-state index in [1.807, 2.05) is 24.3 Å². The van der Waals surface area contributed by atoms with Crippen LogP contribution in [0.5, 0.6) is 0 Å². The van der Waals surface area contributed by atoms with Crippen LogP contribution in [0.1, 0.15) is 23.3 Å². The Hall–Kier alpha value is -2.06. The van der Waals surface area contributed by atoms with Gasteiger partial charge in [-0.2, -0.15) is 0 Å². The zero-order valence-corrected chi connectivity index (χ0v) is 14.3. The van der Waals surface area contributed by atoms with Gasteiger partial charge in [-0.3, -0.25) is 9.78 Å². The Morgan fingerprint density at radius 3 is 2.83 bits per heavy atom. The summed E-state index contributed by atoms with van der Waals surface area (Å²) in [5.41, 5.74) is 1.77. The quantitative estimate of drug-likeness (QED) is 0.891. The minimum Gasteiger partial charge on any atom is -0.337 e. The highest BCUT2D eigenvalue weighted by molar-refractivity contribution is 7.88. The number of benzene rings is 1. The molecule has 1 aromatic carbocycles. The third-order valence-electron chi connectivity index (χ3n) is 4.11. The standard InChI is InChI=1S/C16H20N4O3S/c1-24(22,23)18-9-12-5-4-8-20(11-12)16(21)15-10-17-13-6-2-3-7-14(13)19-15/h2-3,6-7,10,12,18H,4-5,8-9,11H2,1H3/t12-/m1/s1. The predicted molar refractivity (Wildman–Crippen MR) is 91.0 cm³/mol. The molecule has 1 amide bonds. The van der Waals surface area contributed by atoms with Crippen molar-refractivity contribution < 1.29 is 13.2 Å². The molecule has 0 bridgehead atoms. The van der Waals surface area contributed by atoms with Gasteiger partial charge in [-0.05, 0) is 30.9 Å². The monoisotopic (exact) mass is 348 g/mol. The Kier molecular flexibility index (Phi) is 4.77. The molecule has 1 aliphatic rings. The maximum absolute atomic E-state index is 12.7. The lowest BCUT2D eigenvalue weighted by Gasteiger charge is -2.32. The molecule has 7 nitrogen and oxygen atoms in total. The van der Waals surface area contributed by atoms with E-state index >= 15 is 0 Å². The van der Waals surface area contributed by atoms with E-state index in [1.165, 1.54) is 6.20 Å². The maximum Gasteiger partial charge on any atom is 0.274 e. The number of aromatic nitrogens is 2. The minimum atomic E-state index is -3.21. The first-order valence-corrected chi connectivity index (χ1v) is 9.77. The summed E-state index contributed by atoms with van der Waals surface area (Å²) in [6.07, 6.45) is 4.39. The average Bonchev–Trinajstić information content (AvgIpc) is 2.58. The van der Waals surface area contributed by atoms with Crippen LogP contribution in [0.25, 0.3) is 11.0 Å². The molecule has 3 rings (SSSR count). The molecule has 1 atom stereocenters. The SMILES string of the molecule is CS(=O)(=O)NC[C@H]1CCCN(C(=O)c2cnc3ccccc3n2)C1. The summed E-state index contributed by atoms with van der Waals surface area (Å²) < 4.78 is 25.0. The smallest absolute Gasteiger partial charge is 0.274 e. The number of rotatable bonds is 4. The Bertz CT molecular complexity index is 853. The van der Waals surface area contributed by atoms with Crippen LogP contribution >= 0.6 is 0 Å². The number of carbonyl (C=O) groups is 1. The van der Waals surface area contributed by atoms with Gasteiger partial charge >= 0.3 is 0 Å². The number of carbonyl (C=O) groups excluding carboxylic acids is 1. The number of hydrogen-bond acceptors (Lipinski definition) is 5. The van der Waals surface area contributed by atoms with Gasteiger partial charge < -0.3 is 4.90 Å². The highest BCUT2D eigenvalue weighted by atomic mass is 32.2. The van der Waals surface area contributed by atoms with Crippen LogP contribution in [0.3, 0.4) is 0 Å². The molecule has 0 unspecified atom stereocenters. The van der Waals surface area contributed by atoms with E-state index in [9.17, 15) is 13.2 Å². The summed E-state index contributed by atoms with van der Waals surface area (Å²) in [6.45, 7) is 1.53. The highest BCUT2D eigenvalue weighted by Crippen LogP contribution is 2.18. The van der Waals surface area contributed by atoms with Crippen molar-refractivity contribution in [3.63, 3.8) is 0 Å². The fraction of sp³-hybridized carbons (Fsp3) is 0.438. The molecule has 0 radical (unpaired) electrons. The maximum atomic E-state index is 12.7.